The van der Waals surface area contributed by atoms with E-state index in [9.17, 15) is 19.8 Å². The van der Waals surface area contributed by atoms with E-state index in [2.05, 4.69) is 0 Å². The third-order valence-corrected chi connectivity index (χ3v) is 8.70. The fourth-order valence-electron chi connectivity index (χ4n) is 6.52. The molecule has 8 rings (SSSR count). The first kappa shape index (κ1) is 28.8. The van der Waals surface area contributed by atoms with E-state index in [0.29, 0.717) is 44.5 Å². The molecule has 0 fully saturated rings. The van der Waals surface area contributed by atoms with Gasteiger partial charge in [0.05, 0.1) is 11.1 Å². The number of benzene rings is 8. The number of carboxylic acids is 2. The molecule has 0 spiro atoms. The van der Waals surface area contributed by atoms with Crippen molar-refractivity contribution in [1.82, 2.24) is 0 Å². The molecule has 8 aromatic rings. The Morgan fingerprint density at radius 3 is 1.08 bits per heavy atom. The summed E-state index contributed by atoms with van der Waals surface area (Å²) in [7, 11) is 0. The molecule has 0 aliphatic heterocycles. The van der Waals surface area contributed by atoms with E-state index in [4.69, 9.17) is 9.47 Å². The summed E-state index contributed by atoms with van der Waals surface area (Å²) in [5.74, 6) is 0.148. The lowest BCUT2D eigenvalue weighted by molar-refractivity contribution is 0.0688. The predicted octanol–water partition coefficient (Wildman–Crippen LogP) is 10.9. The molecule has 8 aromatic carbocycles. The van der Waals surface area contributed by atoms with Crippen LogP contribution in [0.15, 0.2) is 146 Å². The van der Waals surface area contributed by atoms with E-state index in [0.717, 1.165) is 32.7 Å². The quantitative estimate of drug-likeness (QED) is 0.183. The minimum absolute atomic E-state index is 0.197. The predicted molar refractivity (Wildman–Crippen MR) is 189 cm³/mol. The zero-order valence-electron chi connectivity index (χ0n) is 25.4. The monoisotopic (exact) mass is 626 g/mol. The first-order valence-corrected chi connectivity index (χ1v) is 15.4. The minimum atomic E-state index is -1.01. The molecule has 0 radical (unpaired) electrons. The smallest absolute Gasteiger partial charge is 0.336 e. The average molecular weight is 627 g/mol. The van der Waals surface area contributed by atoms with Crippen molar-refractivity contribution in [2.24, 2.45) is 0 Å². The number of ether oxygens (including phenoxy) is 2. The second-order valence-electron chi connectivity index (χ2n) is 11.4. The lowest BCUT2D eigenvalue weighted by Gasteiger charge is -2.21. The molecule has 48 heavy (non-hydrogen) atoms. The second-order valence-corrected chi connectivity index (χ2v) is 11.4. The summed E-state index contributed by atoms with van der Waals surface area (Å²) in [6.45, 7) is 0. The van der Waals surface area contributed by atoms with Crippen LogP contribution < -0.4 is 9.47 Å². The molecule has 6 nitrogen and oxygen atoms in total. The van der Waals surface area contributed by atoms with Gasteiger partial charge in [-0.1, -0.05) is 109 Å². The minimum Gasteiger partial charge on any atom is -0.478 e. The van der Waals surface area contributed by atoms with Crippen LogP contribution in [0.4, 0.5) is 0 Å². The zero-order chi connectivity index (χ0) is 32.8. The van der Waals surface area contributed by atoms with Crippen molar-refractivity contribution in [1.29, 1.82) is 0 Å². The fraction of sp³-hybridized carbons (Fsp3) is 0. The van der Waals surface area contributed by atoms with Crippen LogP contribution >= 0.6 is 0 Å². The van der Waals surface area contributed by atoms with Crippen LogP contribution in [0.3, 0.4) is 0 Å². The van der Waals surface area contributed by atoms with Gasteiger partial charge in [0.1, 0.15) is 23.0 Å². The summed E-state index contributed by atoms with van der Waals surface area (Å²) in [6, 6.07) is 45.1. The molecule has 0 aromatic heterocycles. The van der Waals surface area contributed by atoms with Gasteiger partial charge in [0.2, 0.25) is 0 Å². The summed E-state index contributed by atoms with van der Waals surface area (Å²) in [6.07, 6.45) is 0. The van der Waals surface area contributed by atoms with Gasteiger partial charge in [0.25, 0.3) is 0 Å². The van der Waals surface area contributed by atoms with Crippen molar-refractivity contribution >= 4 is 55.0 Å². The summed E-state index contributed by atoms with van der Waals surface area (Å²) >= 11 is 0. The largest absolute Gasteiger partial charge is 0.478 e. The SMILES string of the molecule is O=C(O)c1ccc(Oc2ccc3ccccc3c2-c2c(Oc3ccc(C(=O)O)c4ccccc34)ccc3ccccc23)c2ccccc12. The third-order valence-electron chi connectivity index (χ3n) is 8.70. The third kappa shape index (κ3) is 4.84. The Morgan fingerprint density at radius 1 is 0.354 bits per heavy atom. The highest BCUT2D eigenvalue weighted by molar-refractivity contribution is 6.11. The van der Waals surface area contributed by atoms with Crippen molar-refractivity contribution in [2.75, 3.05) is 0 Å². The van der Waals surface area contributed by atoms with Crippen LogP contribution in [-0.4, -0.2) is 22.2 Å². The van der Waals surface area contributed by atoms with Crippen LogP contribution in [0, 0.1) is 0 Å². The van der Waals surface area contributed by atoms with E-state index in [-0.39, 0.29) is 11.1 Å². The normalized spacial score (nSPS) is 11.2. The molecule has 0 aliphatic rings. The van der Waals surface area contributed by atoms with Gasteiger partial charge in [-0.15, -0.1) is 0 Å². The maximum absolute atomic E-state index is 12.0. The van der Waals surface area contributed by atoms with Crippen LogP contribution in [0.25, 0.3) is 54.2 Å². The summed E-state index contributed by atoms with van der Waals surface area (Å²) in [4.78, 5) is 24.1. The van der Waals surface area contributed by atoms with Gasteiger partial charge in [-0.3, -0.25) is 0 Å². The van der Waals surface area contributed by atoms with Gasteiger partial charge in [0, 0.05) is 21.9 Å². The molecule has 0 unspecified atom stereocenters. The molecular weight excluding hydrogens is 600 g/mol. The van der Waals surface area contributed by atoms with E-state index < -0.39 is 11.9 Å². The average Bonchev–Trinajstić information content (AvgIpc) is 3.11. The van der Waals surface area contributed by atoms with Crippen molar-refractivity contribution in [3.05, 3.63) is 157 Å². The highest BCUT2D eigenvalue weighted by Crippen LogP contribution is 2.48. The molecule has 0 saturated carbocycles. The topological polar surface area (TPSA) is 93.1 Å². The molecule has 0 heterocycles. The Labute approximate surface area is 274 Å². The zero-order valence-corrected chi connectivity index (χ0v) is 25.4. The molecule has 0 atom stereocenters. The molecule has 230 valence electrons. The van der Waals surface area contributed by atoms with Crippen molar-refractivity contribution in [2.45, 2.75) is 0 Å². The van der Waals surface area contributed by atoms with E-state index in [1.54, 1.807) is 36.4 Å². The van der Waals surface area contributed by atoms with Gasteiger partial charge in [0.15, 0.2) is 0 Å². The first-order chi connectivity index (χ1) is 23.5. The number of fused-ring (bicyclic) bond motifs is 4. The Hall–Kier alpha value is -6.66. The van der Waals surface area contributed by atoms with E-state index in [1.165, 1.54) is 0 Å². The molecule has 0 amide bonds. The van der Waals surface area contributed by atoms with Gasteiger partial charge in [-0.2, -0.15) is 0 Å². The number of aromatic carboxylic acids is 2. The van der Waals surface area contributed by atoms with Crippen LogP contribution in [0.2, 0.25) is 0 Å². The maximum atomic E-state index is 12.0. The molecular formula is C42H26O6. The Morgan fingerprint density at radius 2 is 0.688 bits per heavy atom. The standard InChI is InChI=1S/C42H26O6/c43-41(44)33-19-23-35(31-15-7-5-13-29(31)33)47-37-21-17-25-9-1-3-11-27(25)39(37)40-28-12-4-2-10-26(28)18-22-38(40)48-36-24-20-34(42(45)46)30-14-6-8-16-32(30)36/h1-24H,(H,43,44)(H,45,46). The maximum Gasteiger partial charge on any atom is 0.336 e. The number of carbonyl (C=O) groups is 2. The fourth-order valence-corrected chi connectivity index (χ4v) is 6.52. The molecule has 2 N–H and O–H groups in total. The number of carboxylic acid groups (broad SMARTS) is 2. The second kappa shape index (κ2) is 11.6. The molecule has 0 bridgehead atoms. The Kier molecular flexibility index (Phi) is 6.96. The Balaban J connectivity index is 1.39. The molecule has 6 heteroatoms. The highest BCUT2D eigenvalue weighted by Gasteiger charge is 2.22. The Bertz CT molecular complexity index is 2410. The lowest BCUT2D eigenvalue weighted by atomic mass is 9.92. The first-order valence-electron chi connectivity index (χ1n) is 15.4. The number of hydrogen-bond donors (Lipinski definition) is 2. The van der Waals surface area contributed by atoms with Crippen LogP contribution in [0.1, 0.15) is 20.7 Å². The van der Waals surface area contributed by atoms with Gasteiger partial charge >= 0.3 is 11.9 Å². The summed E-state index contributed by atoms with van der Waals surface area (Å²) < 4.78 is 13.5. The number of rotatable bonds is 7. The van der Waals surface area contributed by atoms with Crippen LogP contribution in [0.5, 0.6) is 23.0 Å². The van der Waals surface area contributed by atoms with Crippen LogP contribution in [-0.2, 0) is 0 Å². The summed E-state index contributed by atoms with van der Waals surface area (Å²) in [5, 5.41) is 26.1. The molecule has 0 aliphatic carbocycles. The lowest BCUT2D eigenvalue weighted by Crippen LogP contribution is -2.00. The molecule has 0 saturated heterocycles. The van der Waals surface area contributed by atoms with E-state index in [1.807, 2.05) is 109 Å². The summed E-state index contributed by atoms with van der Waals surface area (Å²) in [5.41, 5.74) is 2.00. The van der Waals surface area contributed by atoms with Gasteiger partial charge in [-0.25, -0.2) is 9.59 Å². The van der Waals surface area contributed by atoms with Crippen molar-refractivity contribution < 1.29 is 29.3 Å². The van der Waals surface area contributed by atoms with Crippen molar-refractivity contribution in [3.63, 3.8) is 0 Å². The highest BCUT2D eigenvalue weighted by atomic mass is 16.5. The van der Waals surface area contributed by atoms with Crippen molar-refractivity contribution in [3.8, 4) is 34.1 Å². The van der Waals surface area contributed by atoms with Gasteiger partial charge in [-0.05, 0) is 68.7 Å². The van der Waals surface area contributed by atoms with Gasteiger partial charge < -0.3 is 19.7 Å². The van der Waals surface area contributed by atoms with E-state index >= 15 is 0 Å². The number of hydrogen-bond acceptors (Lipinski definition) is 4.